The Hall–Kier alpha value is -0.120. The molecule has 1 heterocycles. The van der Waals surface area contributed by atoms with Crippen LogP contribution in [0.4, 0.5) is 0 Å². The first-order valence-electron chi connectivity index (χ1n) is 7.62. The van der Waals surface area contributed by atoms with Gasteiger partial charge in [-0.15, -0.1) is 0 Å². The van der Waals surface area contributed by atoms with Gasteiger partial charge in [0.25, 0.3) is 0 Å². The summed E-state index contributed by atoms with van der Waals surface area (Å²) in [6.45, 7) is 12.7. The average Bonchev–Trinajstić information content (AvgIpc) is 2.32. The first kappa shape index (κ1) is 14.3. The molecular weight excluding hydrogens is 224 g/mol. The van der Waals surface area contributed by atoms with Crippen LogP contribution in [0.5, 0.6) is 0 Å². The summed E-state index contributed by atoms with van der Waals surface area (Å²) in [5.74, 6) is 0.528. The summed E-state index contributed by atoms with van der Waals surface area (Å²) in [4.78, 5) is 5.13. The number of hydrogen-bond donors (Lipinski definition) is 1. The highest BCUT2D eigenvalue weighted by molar-refractivity contribution is 4.84. The molecule has 0 aromatic rings. The summed E-state index contributed by atoms with van der Waals surface area (Å²) < 4.78 is 0. The zero-order valence-corrected chi connectivity index (χ0v) is 12.4. The van der Waals surface area contributed by atoms with E-state index in [1.807, 2.05) is 0 Å². The van der Waals surface area contributed by atoms with E-state index in [0.717, 1.165) is 13.0 Å². The molecule has 2 atom stereocenters. The van der Waals surface area contributed by atoms with E-state index >= 15 is 0 Å². The zero-order valence-electron chi connectivity index (χ0n) is 12.4. The predicted molar refractivity (Wildman–Crippen MR) is 75.7 cm³/mol. The normalized spacial score (nSPS) is 32.7. The van der Waals surface area contributed by atoms with Gasteiger partial charge in [-0.05, 0) is 39.5 Å². The molecule has 1 saturated heterocycles. The second-order valence-electron chi connectivity index (χ2n) is 7.07. The van der Waals surface area contributed by atoms with E-state index in [4.69, 9.17) is 0 Å². The Bertz CT molecular complexity index is 254. The molecule has 3 nitrogen and oxygen atoms in total. The van der Waals surface area contributed by atoms with Gasteiger partial charge in [-0.2, -0.15) is 0 Å². The van der Waals surface area contributed by atoms with E-state index < -0.39 is 0 Å². The van der Waals surface area contributed by atoms with Gasteiger partial charge in [-0.3, -0.25) is 4.90 Å². The van der Waals surface area contributed by atoms with Crippen molar-refractivity contribution < 1.29 is 5.11 Å². The molecule has 2 aliphatic rings. The fourth-order valence-corrected chi connectivity index (χ4v) is 3.33. The van der Waals surface area contributed by atoms with Crippen molar-refractivity contribution >= 4 is 0 Å². The topological polar surface area (TPSA) is 26.7 Å². The maximum Gasteiger partial charge on any atom is 0.0580 e. The molecule has 0 spiro atoms. The molecule has 1 N–H and O–H groups in total. The first-order chi connectivity index (χ1) is 8.47. The van der Waals surface area contributed by atoms with Crippen LogP contribution in [0.15, 0.2) is 0 Å². The number of nitrogens with zero attached hydrogens (tertiary/aromatic N) is 2. The third kappa shape index (κ3) is 3.69. The van der Waals surface area contributed by atoms with Crippen LogP contribution in [-0.4, -0.2) is 59.3 Å². The molecule has 0 radical (unpaired) electrons. The molecule has 106 valence electrons. The van der Waals surface area contributed by atoms with Crippen molar-refractivity contribution in [1.29, 1.82) is 0 Å². The van der Waals surface area contributed by atoms with E-state index in [2.05, 4.69) is 30.6 Å². The lowest BCUT2D eigenvalue weighted by Crippen LogP contribution is -2.54. The molecule has 3 heteroatoms. The zero-order chi connectivity index (χ0) is 13.2. The van der Waals surface area contributed by atoms with Gasteiger partial charge in [0, 0.05) is 38.3 Å². The van der Waals surface area contributed by atoms with Gasteiger partial charge in [-0.1, -0.05) is 12.8 Å². The highest BCUT2D eigenvalue weighted by Crippen LogP contribution is 2.26. The van der Waals surface area contributed by atoms with E-state index in [1.165, 1.54) is 45.4 Å². The Morgan fingerprint density at radius 3 is 2.17 bits per heavy atom. The minimum absolute atomic E-state index is 0.0422. The van der Waals surface area contributed by atoms with Crippen molar-refractivity contribution in [2.45, 2.75) is 58.1 Å². The van der Waals surface area contributed by atoms with E-state index in [1.54, 1.807) is 0 Å². The van der Waals surface area contributed by atoms with Gasteiger partial charge < -0.3 is 10.0 Å². The second kappa shape index (κ2) is 5.89. The molecule has 0 bridgehead atoms. The van der Waals surface area contributed by atoms with Gasteiger partial charge in [-0.25, -0.2) is 0 Å². The maximum absolute atomic E-state index is 10.0. The van der Waals surface area contributed by atoms with Crippen LogP contribution in [0.3, 0.4) is 0 Å². The molecule has 18 heavy (non-hydrogen) atoms. The van der Waals surface area contributed by atoms with Crippen LogP contribution in [-0.2, 0) is 0 Å². The first-order valence-corrected chi connectivity index (χ1v) is 7.62. The summed E-state index contributed by atoms with van der Waals surface area (Å²) in [6, 6.07) is 0. The van der Waals surface area contributed by atoms with Crippen molar-refractivity contribution in [2.24, 2.45) is 5.92 Å². The molecule has 1 aliphatic carbocycles. The second-order valence-corrected chi connectivity index (χ2v) is 7.07. The Morgan fingerprint density at radius 1 is 1.00 bits per heavy atom. The number of rotatable bonds is 2. The third-order valence-corrected chi connectivity index (χ3v) is 4.68. The van der Waals surface area contributed by atoms with Gasteiger partial charge in [0.15, 0.2) is 0 Å². The smallest absolute Gasteiger partial charge is 0.0580 e. The van der Waals surface area contributed by atoms with Crippen LogP contribution in [0.2, 0.25) is 0 Å². The summed E-state index contributed by atoms with van der Waals surface area (Å²) in [7, 11) is 0. The lowest BCUT2D eigenvalue weighted by Gasteiger charge is -2.43. The molecule has 2 unspecified atom stereocenters. The highest BCUT2D eigenvalue weighted by Gasteiger charge is 2.29. The maximum atomic E-state index is 10.0. The Morgan fingerprint density at radius 2 is 1.61 bits per heavy atom. The highest BCUT2D eigenvalue weighted by atomic mass is 16.3. The Balaban J connectivity index is 1.76. The van der Waals surface area contributed by atoms with E-state index in [0.29, 0.717) is 11.5 Å². The molecule has 1 saturated carbocycles. The quantitative estimate of drug-likeness (QED) is 0.816. The standard InChI is InChI=1S/C15H30N2O/c1-15(2,3)17-10-8-16(9-11-17)12-13-6-4-5-7-14(13)18/h13-14,18H,4-12H2,1-3H3. The lowest BCUT2D eigenvalue weighted by molar-refractivity contribution is 0.0168. The minimum Gasteiger partial charge on any atom is -0.393 e. The lowest BCUT2D eigenvalue weighted by atomic mass is 9.86. The minimum atomic E-state index is -0.0422. The number of aliphatic hydroxyl groups is 1. The van der Waals surface area contributed by atoms with Crippen LogP contribution in [0, 0.1) is 5.92 Å². The number of hydrogen-bond acceptors (Lipinski definition) is 3. The van der Waals surface area contributed by atoms with Crippen molar-refractivity contribution in [2.75, 3.05) is 32.7 Å². The molecule has 1 aliphatic heterocycles. The van der Waals surface area contributed by atoms with Crippen LogP contribution < -0.4 is 0 Å². The molecular formula is C15H30N2O. The number of piperazine rings is 1. The van der Waals surface area contributed by atoms with Crippen molar-refractivity contribution in [3.05, 3.63) is 0 Å². The molecule has 2 rings (SSSR count). The van der Waals surface area contributed by atoms with Crippen LogP contribution >= 0.6 is 0 Å². The Kier molecular flexibility index (Phi) is 4.68. The van der Waals surface area contributed by atoms with Gasteiger partial charge in [0.2, 0.25) is 0 Å². The molecule has 0 amide bonds. The van der Waals surface area contributed by atoms with Crippen molar-refractivity contribution in [3.8, 4) is 0 Å². The van der Waals surface area contributed by atoms with Crippen molar-refractivity contribution in [3.63, 3.8) is 0 Å². The van der Waals surface area contributed by atoms with Crippen molar-refractivity contribution in [1.82, 2.24) is 9.80 Å². The third-order valence-electron chi connectivity index (χ3n) is 4.68. The SMILES string of the molecule is CC(C)(C)N1CCN(CC2CCCCC2O)CC1. The number of aliphatic hydroxyl groups excluding tert-OH is 1. The van der Waals surface area contributed by atoms with Gasteiger partial charge >= 0.3 is 0 Å². The predicted octanol–water partition coefficient (Wildman–Crippen LogP) is 1.95. The van der Waals surface area contributed by atoms with Gasteiger partial charge in [0.1, 0.15) is 0 Å². The fourth-order valence-electron chi connectivity index (χ4n) is 3.33. The van der Waals surface area contributed by atoms with Crippen LogP contribution in [0.25, 0.3) is 0 Å². The summed E-state index contributed by atoms with van der Waals surface area (Å²) >= 11 is 0. The molecule has 2 fully saturated rings. The summed E-state index contributed by atoms with van der Waals surface area (Å²) in [5.41, 5.74) is 0.302. The summed E-state index contributed by atoms with van der Waals surface area (Å²) in [6.07, 6.45) is 4.73. The largest absolute Gasteiger partial charge is 0.393 e. The molecule has 0 aromatic carbocycles. The monoisotopic (exact) mass is 254 g/mol. The van der Waals surface area contributed by atoms with Gasteiger partial charge in [0.05, 0.1) is 6.10 Å². The van der Waals surface area contributed by atoms with E-state index in [9.17, 15) is 5.11 Å². The van der Waals surface area contributed by atoms with E-state index in [-0.39, 0.29) is 6.10 Å². The summed E-state index contributed by atoms with van der Waals surface area (Å²) in [5, 5.41) is 10.0. The average molecular weight is 254 g/mol. The molecule has 0 aromatic heterocycles. The van der Waals surface area contributed by atoms with Crippen LogP contribution in [0.1, 0.15) is 46.5 Å². The Labute approximate surface area is 112 Å². The fraction of sp³-hybridized carbons (Fsp3) is 1.00.